The molecule has 1 aliphatic carbocycles. The van der Waals surface area contributed by atoms with Crippen LogP contribution in [0.3, 0.4) is 0 Å². The fraction of sp³-hybridized carbons (Fsp3) is 0.667. The van der Waals surface area contributed by atoms with Crippen molar-refractivity contribution in [2.24, 2.45) is 5.92 Å². The van der Waals surface area contributed by atoms with Crippen molar-refractivity contribution in [1.29, 1.82) is 0 Å². The topological polar surface area (TPSA) is 9.23 Å². The Balaban J connectivity index is 1.91. The van der Waals surface area contributed by atoms with Crippen LogP contribution < -0.4 is 5.19 Å². The first-order chi connectivity index (χ1) is 9.79. The van der Waals surface area contributed by atoms with Gasteiger partial charge in [0.05, 0.1) is 9.52 Å². The summed E-state index contributed by atoms with van der Waals surface area (Å²) in [6, 6.07) is 12.2. The van der Waals surface area contributed by atoms with Crippen LogP contribution in [0.4, 0.5) is 0 Å². The van der Waals surface area contributed by atoms with Crippen LogP contribution in [-0.4, -0.2) is 23.9 Å². The molecule has 0 saturated heterocycles. The average Bonchev–Trinajstić information content (AvgIpc) is 2.83. The van der Waals surface area contributed by atoms with Crippen LogP contribution in [0.1, 0.15) is 40.0 Å². The Morgan fingerprint density at radius 3 is 2.43 bits per heavy atom. The maximum Gasteiger partial charge on any atom is 0.192 e. The molecule has 1 aromatic rings. The van der Waals surface area contributed by atoms with E-state index in [1.54, 1.807) is 0 Å². The van der Waals surface area contributed by atoms with Crippen molar-refractivity contribution in [1.82, 2.24) is 0 Å². The van der Waals surface area contributed by atoms with E-state index in [2.05, 4.69) is 64.2 Å². The lowest BCUT2D eigenvalue weighted by atomic mass is 10.1. The highest BCUT2D eigenvalue weighted by Crippen LogP contribution is 2.41. The van der Waals surface area contributed by atoms with Crippen molar-refractivity contribution in [2.45, 2.75) is 70.3 Å². The minimum atomic E-state index is -1.62. The molecule has 1 aliphatic rings. The van der Waals surface area contributed by atoms with Crippen molar-refractivity contribution < 1.29 is 4.43 Å². The highest BCUT2D eigenvalue weighted by Gasteiger charge is 2.41. The molecule has 21 heavy (non-hydrogen) atoms. The Labute approximate surface area is 134 Å². The second-order valence-electron chi connectivity index (χ2n) is 7.85. The fourth-order valence-electron chi connectivity index (χ4n) is 2.75. The summed E-state index contributed by atoms with van der Waals surface area (Å²) in [5, 5.41) is 1.82. The van der Waals surface area contributed by atoms with Gasteiger partial charge < -0.3 is 4.43 Å². The van der Waals surface area contributed by atoms with Crippen LogP contribution in [0.15, 0.2) is 30.3 Å². The molecule has 0 aromatic heterocycles. The maximum absolute atomic E-state index is 6.71. The van der Waals surface area contributed by atoms with E-state index in [4.69, 9.17) is 4.43 Å². The highest BCUT2D eigenvalue weighted by molar-refractivity contribution is 6.74. The molecule has 1 nitrogen and oxygen atoms in total. The third kappa shape index (κ3) is 4.54. The summed E-state index contributed by atoms with van der Waals surface area (Å²) in [4.78, 5) is 0. The maximum atomic E-state index is 6.71. The summed E-state index contributed by atoms with van der Waals surface area (Å²) in [5.41, 5.74) is 0. The molecule has 0 spiro atoms. The third-order valence-electron chi connectivity index (χ3n) is 5.18. The molecule has 1 fully saturated rings. The van der Waals surface area contributed by atoms with Crippen LogP contribution >= 0.6 is 0 Å². The van der Waals surface area contributed by atoms with Gasteiger partial charge in [-0.2, -0.15) is 0 Å². The SMILES string of the molecule is CC(C)(C)[Si](C)(C)O[C@H]1CCC[C@@H]1C[Si]c1ccccc1. The van der Waals surface area contributed by atoms with E-state index in [1.165, 1.54) is 30.5 Å². The van der Waals surface area contributed by atoms with Crippen molar-refractivity contribution in [2.75, 3.05) is 0 Å². The standard InChI is InChI=1S/C18H30OSi2/c1-18(2,3)21(4,5)19-17-13-9-10-15(17)14-20-16-11-7-6-8-12-16/h6-8,11-12,15,17H,9-10,13-14H2,1-5H3/t15-,17+/m1/s1. The smallest absolute Gasteiger partial charge is 0.192 e. The Morgan fingerprint density at radius 2 is 1.81 bits per heavy atom. The summed E-state index contributed by atoms with van der Waals surface area (Å²) in [6.45, 7) is 11.8. The van der Waals surface area contributed by atoms with Crippen LogP contribution in [0, 0.1) is 5.92 Å². The fourth-order valence-corrected chi connectivity index (χ4v) is 5.57. The lowest BCUT2D eigenvalue weighted by Crippen LogP contribution is -2.45. The second-order valence-corrected chi connectivity index (χ2v) is 13.9. The van der Waals surface area contributed by atoms with Crippen molar-refractivity contribution in [3.8, 4) is 0 Å². The van der Waals surface area contributed by atoms with Gasteiger partial charge in [0.2, 0.25) is 0 Å². The van der Waals surface area contributed by atoms with Gasteiger partial charge in [0, 0.05) is 6.10 Å². The van der Waals surface area contributed by atoms with Crippen LogP contribution in [0.25, 0.3) is 0 Å². The van der Waals surface area contributed by atoms with Gasteiger partial charge in [0.15, 0.2) is 8.32 Å². The molecule has 0 N–H and O–H groups in total. The molecule has 2 atom stereocenters. The minimum Gasteiger partial charge on any atom is -0.414 e. The molecule has 2 rings (SSSR count). The summed E-state index contributed by atoms with van der Waals surface area (Å²) < 4.78 is 6.71. The van der Waals surface area contributed by atoms with Gasteiger partial charge in [0.25, 0.3) is 0 Å². The van der Waals surface area contributed by atoms with Crippen molar-refractivity contribution >= 4 is 23.0 Å². The molecule has 0 unspecified atom stereocenters. The van der Waals surface area contributed by atoms with E-state index in [0.717, 1.165) is 15.4 Å². The van der Waals surface area contributed by atoms with Gasteiger partial charge in [-0.25, -0.2) is 0 Å². The molecule has 0 aliphatic heterocycles. The predicted octanol–water partition coefficient (Wildman–Crippen LogP) is 4.62. The van der Waals surface area contributed by atoms with E-state index < -0.39 is 8.32 Å². The molecule has 3 heteroatoms. The Bertz CT molecular complexity index is 436. The van der Waals surface area contributed by atoms with Gasteiger partial charge >= 0.3 is 0 Å². The first kappa shape index (κ1) is 17.0. The van der Waals surface area contributed by atoms with E-state index >= 15 is 0 Å². The van der Waals surface area contributed by atoms with E-state index in [9.17, 15) is 0 Å². The summed E-state index contributed by atoms with van der Waals surface area (Å²) in [6.07, 6.45) is 4.50. The highest BCUT2D eigenvalue weighted by atomic mass is 28.4. The number of benzene rings is 1. The predicted molar refractivity (Wildman–Crippen MR) is 96.0 cm³/mol. The van der Waals surface area contributed by atoms with Gasteiger partial charge in [-0.1, -0.05) is 68.8 Å². The van der Waals surface area contributed by atoms with Gasteiger partial charge in [-0.05, 0) is 36.9 Å². The van der Waals surface area contributed by atoms with Gasteiger partial charge in [-0.15, -0.1) is 0 Å². The summed E-state index contributed by atoms with van der Waals surface area (Å²) in [7, 11) is -0.684. The zero-order valence-electron chi connectivity index (χ0n) is 14.3. The first-order valence-corrected chi connectivity index (χ1v) is 12.4. The quantitative estimate of drug-likeness (QED) is 0.720. The molecule has 1 saturated carbocycles. The van der Waals surface area contributed by atoms with Crippen LogP contribution in [0.5, 0.6) is 0 Å². The Kier molecular flexibility index (Phi) is 5.50. The molecule has 2 radical (unpaired) electrons. The van der Waals surface area contributed by atoms with Gasteiger partial charge in [0.1, 0.15) is 0 Å². The molecular formula is C18H30OSi2. The molecule has 0 amide bonds. The third-order valence-corrected chi connectivity index (χ3v) is 11.2. The molecule has 0 heterocycles. The number of rotatable bonds is 5. The number of hydrogen-bond acceptors (Lipinski definition) is 1. The monoisotopic (exact) mass is 318 g/mol. The number of hydrogen-bond donors (Lipinski definition) is 0. The van der Waals surface area contributed by atoms with Crippen LogP contribution in [-0.2, 0) is 4.43 Å². The molecule has 116 valence electrons. The van der Waals surface area contributed by atoms with Crippen LogP contribution in [0.2, 0.25) is 24.2 Å². The van der Waals surface area contributed by atoms with E-state index in [-0.39, 0.29) is 0 Å². The van der Waals surface area contributed by atoms with Gasteiger partial charge in [-0.3, -0.25) is 0 Å². The normalized spacial score (nSPS) is 23.5. The largest absolute Gasteiger partial charge is 0.414 e. The lowest BCUT2D eigenvalue weighted by molar-refractivity contribution is 0.149. The second kappa shape index (κ2) is 6.80. The first-order valence-electron chi connectivity index (χ1n) is 8.26. The Morgan fingerprint density at radius 1 is 1.14 bits per heavy atom. The van der Waals surface area contributed by atoms with E-state index in [1.807, 2.05) is 0 Å². The Hall–Kier alpha value is -0.386. The molecule has 0 bridgehead atoms. The zero-order chi connectivity index (χ0) is 15.5. The van der Waals surface area contributed by atoms with Crippen molar-refractivity contribution in [3.63, 3.8) is 0 Å². The molecular weight excluding hydrogens is 288 g/mol. The zero-order valence-corrected chi connectivity index (χ0v) is 16.3. The lowest BCUT2D eigenvalue weighted by Gasteiger charge is -2.40. The van der Waals surface area contributed by atoms with E-state index in [0.29, 0.717) is 11.1 Å². The minimum absolute atomic E-state index is 0.321. The van der Waals surface area contributed by atoms with Crippen molar-refractivity contribution in [3.05, 3.63) is 30.3 Å². The average molecular weight is 319 g/mol. The molecule has 1 aromatic carbocycles. The summed E-state index contributed by atoms with van der Waals surface area (Å²) >= 11 is 0. The summed E-state index contributed by atoms with van der Waals surface area (Å²) in [5.74, 6) is 0.776.